The van der Waals surface area contributed by atoms with Crippen molar-refractivity contribution in [2.75, 3.05) is 13.6 Å². The van der Waals surface area contributed by atoms with E-state index in [0.29, 0.717) is 29.6 Å². The number of rotatable bonds is 8. The SMILES string of the molecule is Cc1oc(-c2cccs2)nc1CC(=O)N(C)CCCc1cc(-c2cccc(F)c2)n[nH]1. The Morgan fingerprint density at radius 1 is 1.26 bits per heavy atom. The van der Waals surface area contributed by atoms with Gasteiger partial charge in [0.2, 0.25) is 11.8 Å². The lowest BCUT2D eigenvalue weighted by Gasteiger charge is -2.16. The Morgan fingerprint density at radius 2 is 2.13 bits per heavy atom. The quantitative estimate of drug-likeness (QED) is 0.426. The number of carbonyl (C=O) groups excluding carboxylic acids is 1. The van der Waals surface area contributed by atoms with Crippen LogP contribution < -0.4 is 0 Å². The zero-order chi connectivity index (χ0) is 21.8. The number of carbonyl (C=O) groups is 1. The lowest BCUT2D eigenvalue weighted by atomic mass is 10.1. The third-order valence-corrected chi connectivity index (χ3v) is 5.92. The summed E-state index contributed by atoms with van der Waals surface area (Å²) in [6.45, 7) is 2.45. The monoisotopic (exact) mass is 438 g/mol. The highest BCUT2D eigenvalue weighted by atomic mass is 32.1. The van der Waals surface area contributed by atoms with Crippen molar-refractivity contribution in [2.24, 2.45) is 0 Å². The number of hydrogen-bond acceptors (Lipinski definition) is 5. The lowest BCUT2D eigenvalue weighted by molar-refractivity contribution is -0.129. The minimum Gasteiger partial charge on any atom is -0.440 e. The third kappa shape index (κ3) is 5.08. The predicted molar refractivity (Wildman–Crippen MR) is 118 cm³/mol. The highest BCUT2D eigenvalue weighted by Gasteiger charge is 2.17. The second-order valence-corrected chi connectivity index (χ2v) is 8.33. The maximum absolute atomic E-state index is 13.4. The summed E-state index contributed by atoms with van der Waals surface area (Å²) in [5, 5.41) is 9.22. The number of likely N-dealkylation sites (N-methyl/N-ethyl adjacent to an activating group) is 1. The Kier molecular flexibility index (Phi) is 6.27. The number of aryl methyl sites for hydroxylation is 2. The van der Waals surface area contributed by atoms with E-state index in [1.165, 1.54) is 12.1 Å². The van der Waals surface area contributed by atoms with E-state index in [-0.39, 0.29) is 18.1 Å². The second kappa shape index (κ2) is 9.26. The molecule has 31 heavy (non-hydrogen) atoms. The Morgan fingerprint density at radius 3 is 2.90 bits per heavy atom. The first-order valence-corrected chi connectivity index (χ1v) is 10.9. The van der Waals surface area contributed by atoms with Crippen molar-refractivity contribution in [2.45, 2.75) is 26.2 Å². The molecule has 3 heterocycles. The van der Waals surface area contributed by atoms with Crippen LogP contribution in [0.15, 0.2) is 52.3 Å². The van der Waals surface area contributed by atoms with Gasteiger partial charge in [0, 0.05) is 24.8 Å². The van der Waals surface area contributed by atoms with E-state index in [1.807, 2.05) is 36.6 Å². The summed E-state index contributed by atoms with van der Waals surface area (Å²) in [6.07, 6.45) is 1.74. The minimum absolute atomic E-state index is 0.000750. The van der Waals surface area contributed by atoms with E-state index < -0.39 is 0 Å². The topological polar surface area (TPSA) is 75.0 Å². The number of nitrogens with one attached hydrogen (secondary N) is 1. The van der Waals surface area contributed by atoms with Gasteiger partial charge in [-0.25, -0.2) is 9.37 Å². The van der Waals surface area contributed by atoms with Crippen LogP contribution >= 0.6 is 11.3 Å². The molecule has 0 saturated heterocycles. The van der Waals surface area contributed by atoms with Crippen LogP contribution in [0.1, 0.15) is 23.6 Å². The van der Waals surface area contributed by atoms with Gasteiger partial charge in [0.15, 0.2) is 0 Å². The van der Waals surface area contributed by atoms with Crippen molar-refractivity contribution in [3.8, 4) is 22.0 Å². The first kappa shape index (κ1) is 21.0. The van der Waals surface area contributed by atoms with E-state index in [2.05, 4.69) is 15.2 Å². The third-order valence-electron chi connectivity index (χ3n) is 5.06. The maximum atomic E-state index is 13.4. The van der Waals surface area contributed by atoms with Crippen LogP contribution in [-0.4, -0.2) is 39.6 Å². The van der Waals surface area contributed by atoms with Crippen LogP contribution in [0.4, 0.5) is 4.39 Å². The number of nitrogens with zero attached hydrogens (tertiary/aromatic N) is 3. The summed E-state index contributed by atoms with van der Waals surface area (Å²) in [7, 11) is 1.79. The summed E-state index contributed by atoms with van der Waals surface area (Å²) < 4.78 is 19.1. The molecule has 1 aromatic carbocycles. The predicted octanol–water partition coefficient (Wildman–Crippen LogP) is 4.87. The number of H-pyrrole nitrogens is 1. The molecular weight excluding hydrogens is 415 g/mol. The number of thiophene rings is 1. The normalized spacial score (nSPS) is 11.1. The fourth-order valence-corrected chi connectivity index (χ4v) is 3.94. The molecule has 1 N–H and O–H groups in total. The van der Waals surface area contributed by atoms with Crippen molar-refractivity contribution >= 4 is 17.2 Å². The van der Waals surface area contributed by atoms with Gasteiger partial charge in [-0.05, 0) is 49.4 Å². The van der Waals surface area contributed by atoms with Crippen molar-refractivity contribution < 1.29 is 13.6 Å². The Bertz CT molecular complexity index is 1170. The zero-order valence-corrected chi connectivity index (χ0v) is 18.2. The molecule has 0 spiro atoms. The molecule has 0 aliphatic carbocycles. The number of amides is 1. The van der Waals surface area contributed by atoms with Gasteiger partial charge in [-0.2, -0.15) is 5.10 Å². The highest BCUT2D eigenvalue weighted by molar-refractivity contribution is 7.13. The molecule has 0 unspecified atom stereocenters. The number of halogens is 1. The summed E-state index contributed by atoms with van der Waals surface area (Å²) in [5.41, 5.74) is 3.07. The van der Waals surface area contributed by atoms with Gasteiger partial charge in [0.1, 0.15) is 11.6 Å². The first-order chi connectivity index (χ1) is 15.0. The van der Waals surface area contributed by atoms with E-state index in [0.717, 1.165) is 29.0 Å². The van der Waals surface area contributed by atoms with Crippen molar-refractivity contribution in [3.05, 3.63) is 70.8 Å². The molecule has 1 amide bonds. The van der Waals surface area contributed by atoms with Gasteiger partial charge >= 0.3 is 0 Å². The smallest absolute Gasteiger partial charge is 0.236 e. The molecule has 4 aromatic rings. The van der Waals surface area contributed by atoms with Crippen LogP contribution in [-0.2, 0) is 17.6 Å². The summed E-state index contributed by atoms with van der Waals surface area (Å²) in [5.74, 6) is 0.949. The van der Waals surface area contributed by atoms with Gasteiger partial charge in [0.25, 0.3) is 0 Å². The van der Waals surface area contributed by atoms with Crippen molar-refractivity contribution in [3.63, 3.8) is 0 Å². The molecular formula is C23H23FN4O2S. The molecule has 4 rings (SSSR count). The molecule has 3 aromatic heterocycles. The molecule has 0 radical (unpaired) electrons. The van der Waals surface area contributed by atoms with Crippen molar-refractivity contribution in [1.29, 1.82) is 0 Å². The van der Waals surface area contributed by atoms with Gasteiger partial charge in [0.05, 0.1) is 22.7 Å². The Hall–Kier alpha value is -3.26. The number of benzene rings is 1. The van der Waals surface area contributed by atoms with Crippen LogP contribution in [0.3, 0.4) is 0 Å². The summed E-state index contributed by atoms with van der Waals surface area (Å²) in [4.78, 5) is 19.8. The molecule has 8 heteroatoms. The van der Waals surface area contributed by atoms with Crippen LogP contribution in [0.5, 0.6) is 0 Å². The Balaban J connectivity index is 1.28. The summed E-state index contributed by atoms with van der Waals surface area (Å²) in [6, 6.07) is 12.2. The van der Waals surface area contributed by atoms with Crippen LogP contribution in [0.2, 0.25) is 0 Å². The lowest BCUT2D eigenvalue weighted by Crippen LogP contribution is -2.29. The standard InChI is InChI=1S/C23H23FN4O2S/c1-15-19(25-23(30-15)21-9-5-11-31-21)14-22(29)28(2)10-4-8-18-13-20(27-26-18)16-6-3-7-17(24)12-16/h3,5-7,9,11-13H,4,8,10,14H2,1-2H3,(H,26,27). The number of oxazole rings is 1. The van der Waals surface area contributed by atoms with Crippen LogP contribution in [0, 0.1) is 12.7 Å². The molecule has 0 aliphatic heterocycles. The molecule has 0 bridgehead atoms. The number of hydrogen-bond donors (Lipinski definition) is 1. The van der Waals surface area contributed by atoms with Gasteiger partial charge in [-0.15, -0.1) is 11.3 Å². The largest absolute Gasteiger partial charge is 0.440 e. The fourth-order valence-electron chi connectivity index (χ4n) is 3.29. The minimum atomic E-state index is -0.285. The average molecular weight is 439 g/mol. The molecule has 0 fully saturated rings. The first-order valence-electron chi connectivity index (χ1n) is 10.0. The van der Waals surface area contributed by atoms with E-state index >= 15 is 0 Å². The van der Waals surface area contributed by atoms with Gasteiger partial charge < -0.3 is 9.32 Å². The maximum Gasteiger partial charge on any atom is 0.236 e. The molecule has 160 valence electrons. The van der Waals surface area contributed by atoms with Crippen LogP contribution in [0.25, 0.3) is 22.0 Å². The molecule has 0 saturated carbocycles. The highest BCUT2D eigenvalue weighted by Crippen LogP contribution is 2.26. The summed E-state index contributed by atoms with van der Waals surface area (Å²) >= 11 is 1.55. The average Bonchev–Trinajstić information content (AvgIpc) is 3.50. The van der Waals surface area contributed by atoms with Crippen molar-refractivity contribution in [1.82, 2.24) is 20.1 Å². The zero-order valence-electron chi connectivity index (χ0n) is 17.4. The molecule has 0 aliphatic rings. The molecule has 6 nitrogen and oxygen atoms in total. The van der Waals surface area contributed by atoms with E-state index in [9.17, 15) is 9.18 Å². The van der Waals surface area contributed by atoms with Gasteiger partial charge in [-0.3, -0.25) is 9.89 Å². The Labute approximate surface area is 183 Å². The number of aromatic nitrogens is 3. The molecule has 0 atom stereocenters. The number of aromatic amines is 1. The van der Waals surface area contributed by atoms with E-state index in [4.69, 9.17) is 4.42 Å². The second-order valence-electron chi connectivity index (χ2n) is 7.38. The van der Waals surface area contributed by atoms with Gasteiger partial charge in [-0.1, -0.05) is 18.2 Å². The van der Waals surface area contributed by atoms with E-state index in [1.54, 1.807) is 29.4 Å². The fraction of sp³-hybridized carbons (Fsp3) is 0.261.